The molecule has 144 valence electrons. The lowest BCUT2D eigenvalue weighted by atomic mass is 10.0. The first kappa shape index (κ1) is 19.1. The smallest absolute Gasteiger partial charge is 0.315 e. The summed E-state index contributed by atoms with van der Waals surface area (Å²) in [6.45, 7) is 4.12. The topological polar surface area (TPSA) is 75.7 Å². The van der Waals surface area contributed by atoms with Crippen molar-refractivity contribution in [3.63, 3.8) is 0 Å². The second kappa shape index (κ2) is 9.89. The number of carbonyl (C=O) groups is 1. The van der Waals surface area contributed by atoms with Crippen molar-refractivity contribution in [2.75, 3.05) is 40.0 Å². The zero-order valence-electron chi connectivity index (χ0n) is 15.6. The molecule has 1 aromatic carbocycles. The van der Waals surface area contributed by atoms with Crippen molar-refractivity contribution >= 4 is 6.03 Å². The van der Waals surface area contributed by atoms with Crippen LogP contribution in [0.15, 0.2) is 48.7 Å². The van der Waals surface area contributed by atoms with Gasteiger partial charge < -0.3 is 20.1 Å². The maximum Gasteiger partial charge on any atom is 0.315 e. The van der Waals surface area contributed by atoms with Crippen LogP contribution in [0.2, 0.25) is 0 Å². The summed E-state index contributed by atoms with van der Waals surface area (Å²) >= 11 is 0. The number of hydrogen-bond donors (Lipinski definition) is 2. The second-order valence-electron chi connectivity index (χ2n) is 6.35. The Hall–Kier alpha value is -2.64. The normalized spacial score (nSPS) is 15.7. The van der Waals surface area contributed by atoms with Crippen LogP contribution in [0.1, 0.15) is 17.2 Å². The van der Waals surface area contributed by atoms with Crippen LogP contribution in [0.4, 0.5) is 4.79 Å². The van der Waals surface area contributed by atoms with Gasteiger partial charge in [0, 0.05) is 38.4 Å². The number of amides is 2. The molecule has 1 aromatic heterocycles. The molecule has 2 amide bonds. The van der Waals surface area contributed by atoms with Crippen molar-refractivity contribution in [1.82, 2.24) is 20.5 Å². The first-order chi connectivity index (χ1) is 13.3. The third-order valence-electron chi connectivity index (χ3n) is 4.59. The number of ether oxygens (including phenoxy) is 2. The first-order valence-electron chi connectivity index (χ1n) is 9.13. The van der Waals surface area contributed by atoms with Crippen LogP contribution in [0.25, 0.3) is 0 Å². The van der Waals surface area contributed by atoms with Crippen LogP contribution in [0.5, 0.6) is 5.88 Å². The Labute approximate surface area is 159 Å². The molecule has 3 rings (SSSR count). The van der Waals surface area contributed by atoms with E-state index < -0.39 is 0 Å². The lowest BCUT2D eigenvalue weighted by molar-refractivity contribution is 0.0167. The van der Waals surface area contributed by atoms with E-state index in [1.165, 1.54) is 5.56 Å². The minimum Gasteiger partial charge on any atom is -0.481 e. The van der Waals surface area contributed by atoms with Crippen LogP contribution in [-0.2, 0) is 11.3 Å². The number of carbonyl (C=O) groups excluding carboxylic acids is 1. The highest BCUT2D eigenvalue weighted by Crippen LogP contribution is 2.21. The van der Waals surface area contributed by atoms with E-state index in [0.717, 1.165) is 31.9 Å². The highest BCUT2D eigenvalue weighted by atomic mass is 16.5. The van der Waals surface area contributed by atoms with Crippen molar-refractivity contribution in [3.8, 4) is 5.88 Å². The summed E-state index contributed by atoms with van der Waals surface area (Å²) in [5.74, 6) is 0.555. The molecule has 2 N–H and O–H groups in total. The van der Waals surface area contributed by atoms with Crippen LogP contribution in [-0.4, -0.2) is 55.9 Å². The average molecular weight is 370 g/mol. The fourth-order valence-electron chi connectivity index (χ4n) is 3.09. The van der Waals surface area contributed by atoms with E-state index in [9.17, 15) is 4.79 Å². The molecule has 2 aromatic rings. The molecule has 1 unspecified atom stereocenters. The van der Waals surface area contributed by atoms with Crippen molar-refractivity contribution in [2.24, 2.45) is 0 Å². The molecule has 1 aliphatic rings. The number of nitrogens with zero attached hydrogens (tertiary/aromatic N) is 2. The van der Waals surface area contributed by atoms with E-state index in [1.54, 1.807) is 19.4 Å². The van der Waals surface area contributed by atoms with Crippen LogP contribution < -0.4 is 15.4 Å². The van der Waals surface area contributed by atoms with Crippen molar-refractivity contribution in [1.29, 1.82) is 0 Å². The molecule has 2 heterocycles. The van der Waals surface area contributed by atoms with E-state index in [4.69, 9.17) is 9.47 Å². The number of nitrogens with one attached hydrogen (secondary N) is 2. The summed E-state index contributed by atoms with van der Waals surface area (Å²) in [5, 5.41) is 5.87. The van der Waals surface area contributed by atoms with E-state index in [-0.39, 0.29) is 12.1 Å². The lowest BCUT2D eigenvalue weighted by Crippen LogP contribution is -2.45. The van der Waals surface area contributed by atoms with Gasteiger partial charge in [-0.15, -0.1) is 0 Å². The molecule has 7 nitrogen and oxygen atoms in total. The highest BCUT2D eigenvalue weighted by molar-refractivity contribution is 5.73. The summed E-state index contributed by atoms with van der Waals surface area (Å²) in [7, 11) is 1.57. The molecule has 0 spiro atoms. The SMILES string of the molecule is COc1ccc(CNC(=O)NCC(c2ccccc2)N2CCOCC2)cn1. The van der Waals surface area contributed by atoms with Gasteiger partial charge in [0.15, 0.2) is 0 Å². The molecule has 27 heavy (non-hydrogen) atoms. The van der Waals surface area contributed by atoms with Gasteiger partial charge >= 0.3 is 6.03 Å². The van der Waals surface area contributed by atoms with Gasteiger partial charge in [0.1, 0.15) is 0 Å². The Morgan fingerprint density at radius 3 is 2.63 bits per heavy atom. The number of urea groups is 1. The number of aromatic nitrogens is 1. The number of morpholine rings is 1. The number of rotatable bonds is 7. The molecule has 1 fully saturated rings. The molecule has 1 atom stereocenters. The summed E-state index contributed by atoms with van der Waals surface area (Å²) < 4.78 is 10.5. The second-order valence-corrected chi connectivity index (χ2v) is 6.35. The van der Waals surface area contributed by atoms with E-state index in [1.807, 2.05) is 24.3 Å². The molecule has 0 bridgehead atoms. The van der Waals surface area contributed by atoms with Crippen LogP contribution in [0.3, 0.4) is 0 Å². The quantitative estimate of drug-likeness (QED) is 0.779. The van der Waals surface area contributed by atoms with E-state index in [2.05, 4.69) is 32.7 Å². The van der Waals surface area contributed by atoms with Gasteiger partial charge in [-0.2, -0.15) is 0 Å². The standard InChI is InChI=1S/C20H26N4O3/c1-26-19-8-7-16(13-21-19)14-22-20(25)23-15-18(17-5-3-2-4-6-17)24-9-11-27-12-10-24/h2-8,13,18H,9-12,14-15H2,1H3,(H2,22,23,25). The molecule has 0 radical (unpaired) electrons. The summed E-state index contributed by atoms with van der Waals surface area (Å²) in [5.41, 5.74) is 2.11. The van der Waals surface area contributed by atoms with Gasteiger partial charge in [0.2, 0.25) is 5.88 Å². The summed E-state index contributed by atoms with van der Waals surface area (Å²) in [6, 6.07) is 13.8. The predicted molar refractivity (Wildman–Crippen MR) is 103 cm³/mol. The minimum atomic E-state index is -0.194. The van der Waals surface area contributed by atoms with E-state index in [0.29, 0.717) is 19.0 Å². The molecule has 0 saturated carbocycles. The van der Waals surface area contributed by atoms with Gasteiger partial charge in [0.05, 0.1) is 26.4 Å². The van der Waals surface area contributed by atoms with E-state index >= 15 is 0 Å². The highest BCUT2D eigenvalue weighted by Gasteiger charge is 2.22. The van der Waals surface area contributed by atoms with Gasteiger partial charge in [0.25, 0.3) is 0 Å². The number of methoxy groups -OCH3 is 1. The van der Waals surface area contributed by atoms with Gasteiger partial charge in [-0.1, -0.05) is 36.4 Å². The molecule has 0 aliphatic carbocycles. The zero-order valence-corrected chi connectivity index (χ0v) is 15.6. The Kier molecular flexibility index (Phi) is 7.01. The third kappa shape index (κ3) is 5.67. The summed E-state index contributed by atoms with van der Waals surface area (Å²) in [6.07, 6.45) is 1.69. The Morgan fingerprint density at radius 1 is 1.19 bits per heavy atom. The Morgan fingerprint density at radius 2 is 1.96 bits per heavy atom. The maximum atomic E-state index is 12.2. The van der Waals surface area contributed by atoms with Gasteiger partial charge in [-0.25, -0.2) is 9.78 Å². The fraction of sp³-hybridized carbons (Fsp3) is 0.400. The lowest BCUT2D eigenvalue weighted by Gasteiger charge is -2.34. The largest absolute Gasteiger partial charge is 0.481 e. The molecular formula is C20H26N4O3. The zero-order chi connectivity index (χ0) is 18.9. The molecular weight excluding hydrogens is 344 g/mol. The molecule has 7 heteroatoms. The number of pyridine rings is 1. The number of benzene rings is 1. The van der Waals surface area contributed by atoms with Crippen LogP contribution in [0, 0.1) is 0 Å². The minimum absolute atomic E-state index is 0.128. The summed E-state index contributed by atoms with van der Waals surface area (Å²) in [4.78, 5) is 18.7. The average Bonchev–Trinajstić information content (AvgIpc) is 2.74. The van der Waals surface area contributed by atoms with Crippen molar-refractivity contribution in [3.05, 3.63) is 59.8 Å². The third-order valence-corrected chi connectivity index (χ3v) is 4.59. The first-order valence-corrected chi connectivity index (χ1v) is 9.13. The number of hydrogen-bond acceptors (Lipinski definition) is 5. The monoisotopic (exact) mass is 370 g/mol. The fourth-order valence-corrected chi connectivity index (χ4v) is 3.09. The predicted octanol–water partition coefficient (Wildman–Crippen LogP) is 1.96. The van der Waals surface area contributed by atoms with Crippen molar-refractivity contribution < 1.29 is 14.3 Å². The van der Waals surface area contributed by atoms with Gasteiger partial charge in [-0.3, -0.25) is 4.90 Å². The molecule has 1 saturated heterocycles. The van der Waals surface area contributed by atoms with Crippen molar-refractivity contribution in [2.45, 2.75) is 12.6 Å². The van der Waals surface area contributed by atoms with Crippen LogP contribution >= 0.6 is 0 Å². The Balaban J connectivity index is 1.53. The maximum absolute atomic E-state index is 12.2. The van der Waals surface area contributed by atoms with Gasteiger partial charge in [-0.05, 0) is 11.1 Å². The molecule has 1 aliphatic heterocycles. The Bertz CT molecular complexity index is 703.